The number of carbonyl (C=O) groups excluding carboxylic acids is 2. The zero-order valence-electron chi connectivity index (χ0n) is 20.5. The molecule has 1 aliphatic heterocycles. The minimum Gasteiger partial charge on any atom is -0.497 e. The summed E-state index contributed by atoms with van der Waals surface area (Å²) in [5.41, 5.74) is 2.06. The molecule has 2 amide bonds. The van der Waals surface area contributed by atoms with Crippen molar-refractivity contribution >= 4 is 11.8 Å². The zero-order chi connectivity index (χ0) is 25.7. The highest BCUT2D eigenvalue weighted by atomic mass is 19.1. The van der Waals surface area contributed by atoms with Gasteiger partial charge in [0, 0.05) is 36.7 Å². The summed E-state index contributed by atoms with van der Waals surface area (Å²) in [5.74, 6) is 0.266. The van der Waals surface area contributed by atoms with E-state index in [0.29, 0.717) is 29.4 Å². The van der Waals surface area contributed by atoms with Crippen molar-refractivity contribution in [2.75, 3.05) is 34.4 Å². The summed E-state index contributed by atoms with van der Waals surface area (Å²) < 4.78 is 29.5. The van der Waals surface area contributed by atoms with Gasteiger partial charge in [0.15, 0.2) is 0 Å². The summed E-state index contributed by atoms with van der Waals surface area (Å²) in [7, 11) is 4.70. The van der Waals surface area contributed by atoms with Crippen LogP contribution >= 0.6 is 0 Å². The molecule has 8 heteroatoms. The zero-order valence-corrected chi connectivity index (χ0v) is 20.5. The summed E-state index contributed by atoms with van der Waals surface area (Å²) >= 11 is 0. The van der Waals surface area contributed by atoms with Gasteiger partial charge in [-0.3, -0.25) is 9.59 Å². The van der Waals surface area contributed by atoms with E-state index in [1.807, 2.05) is 6.07 Å². The first-order chi connectivity index (χ1) is 17.4. The minimum atomic E-state index is -0.527. The highest BCUT2D eigenvalue weighted by Crippen LogP contribution is 2.40. The van der Waals surface area contributed by atoms with Crippen LogP contribution in [0, 0.1) is 11.7 Å². The Morgan fingerprint density at radius 1 is 0.917 bits per heavy atom. The van der Waals surface area contributed by atoms with E-state index in [4.69, 9.17) is 14.2 Å². The summed E-state index contributed by atoms with van der Waals surface area (Å²) in [6, 6.07) is 18.4. The van der Waals surface area contributed by atoms with Gasteiger partial charge in [0.05, 0.1) is 27.2 Å². The van der Waals surface area contributed by atoms with E-state index in [9.17, 15) is 14.0 Å². The molecule has 0 aromatic heterocycles. The van der Waals surface area contributed by atoms with Crippen molar-refractivity contribution in [2.24, 2.45) is 5.92 Å². The Morgan fingerprint density at radius 2 is 1.64 bits per heavy atom. The van der Waals surface area contributed by atoms with Crippen LogP contribution in [0.5, 0.6) is 17.2 Å². The molecule has 2 atom stereocenters. The standard InChI is InChI=1S/C28H29FN2O5/c1-34-21-6-4-5-19(13-21)28(33)31-16-24(23-14-22(35-2)11-12-26(23)36-3)25(17-31)27(32)30-15-18-7-9-20(29)10-8-18/h4-14,24-25H,15-17H2,1-3H3,(H,30,32)/t24-,25-/m1/s1. The molecule has 0 spiro atoms. The Hall–Kier alpha value is -4.07. The van der Waals surface area contributed by atoms with E-state index in [1.165, 1.54) is 12.1 Å². The van der Waals surface area contributed by atoms with E-state index in [2.05, 4.69) is 5.32 Å². The third-order valence-corrected chi connectivity index (χ3v) is 6.48. The number of nitrogens with one attached hydrogen (secondary N) is 1. The molecule has 1 saturated heterocycles. The van der Waals surface area contributed by atoms with Crippen molar-refractivity contribution in [3.8, 4) is 17.2 Å². The van der Waals surface area contributed by atoms with E-state index in [1.54, 1.807) is 74.8 Å². The molecule has 0 bridgehead atoms. The van der Waals surface area contributed by atoms with Crippen LogP contribution in [0.25, 0.3) is 0 Å². The molecule has 1 aliphatic rings. The number of benzene rings is 3. The van der Waals surface area contributed by atoms with E-state index >= 15 is 0 Å². The Balaban J connectivity index is 1.62. The maximum absolute atomic E-state index is 13.4. The lowest BCUT2D eigenvalue weighted by atomic mass is 9.87. The third kappa shape index (κ3) is 5.43. The van der Waals surface area contributed by atoms with Crippen molar-refractivity contribution in [1.29, 1.82) is 0 Å². The van der Waals surface area contributed by atoms with Crippen LogP contribution in [0.3, 0.4) is 0 Å². The van der Waals surface area contributed by atoms with Gasteiger partial charge in [-0.2, -0.15) is 0 Å². The number of methoxy groups -OCH3 is 3. The number of hydrogen-bond acceptors (Lipinski definition) is 5. The van der Waals surface area contributed by atoms with Crippen LogP contribution in [0.1, 0.15) is 27.4 Å². The fourth-order valence-corrected chi connectivity index (χ4v) is 4.54. The lowest BCUT2D eigenvalue weighted by Gasteiger charge is -2.21. The van der Waals surface area contributed by atoms with Crippen LogP contribution in [0.4, 0.5) is 4.39 Å². The minimum absolute atomic E-state index is 0.186. The van der Waals surface area contributed by atoms with E-state index < -0.39 is 5.92 Å². The first kappa shape index (κ1) is 25.0. The Labute approximate surface area is 209 Å². The molecule has 0 saturated carbocycles. The Bertz CT molecular complexity index is 1230. The molecule has 1 N–H and O–H groups in total. The summed E-state index contributed by atoms with van der Waals surface area (Å²) in [5, 5.41) is 2.95. The van der Waals surface area contributed by atoms with E-state index in [0.717, 1.165) is 11.1 Å². The van der Waals surface area contributed by atoms with Gasteiger partial charge in [-0.1, -0.05) is 18.2 Å². The number of amides is 2. The molecule has 3 aromatic rings. The maximum Gasteiger partial charge on any atom is 0.254 e. The topological polar surface area (TPSA) is 77.1 Å². The maximum atomic E-state index is 13.4. The Morgan fingerprint density at radius 3 is 2.33 bits per heavy atom. The molecule has 36 heavy (non-hydrogen) atoms. The van der Waals surface area contributed by atoms with E-state index in [-0.39, 0.29) is 36.6 Å². The van der Waals surface area contributed by atoms with Crippen molar-refractivity contribution in [3.05, 3.63) is 89.2 Å². The van der Waals surface area contributed by atoms with Crippen LogP contribution in [-0.4, -0.2) is 51.1 Å². The Kier molecular flexibility index (Phi) is 7.73. The largest absolute Gasteiger partial charge is 0.497 e. The number of rotatable bonds is 8. The highest BCUT2D eigenvalue weighted by molar-refractivity contribution is 5.95. The molecular weight excluding hydrogens is 463 g/mol. The molecule has 3 aromatic carbocycles. The number of halogens is 1. The molecule has 4 rings (SSSR count). The molecule has 1 heterocycles. The average Bonchev–Trinajstić information content (AvgIpc) is 3.37. The van der Waals surface area contributed by atoms with Gasteiger partial charge >= 0.3 is 0 Å². The quantitative estimate of drug-likeness (QED) is 0.514. The fraction of sp³-hybridized carbons (Fsp3) is 0.286. The average molecular weight is 493 g/mol. The molecule has 1 fully saturated rings. The van der Waals surface area contributed by atoms with Gasteiger partial charge in [-0.25, -0.2) is 4.39 Å². The summed E-state index contributed by atoms with van der Waals surface area (Å²) in [6.45, 7) is 0.811. The highest BCUT2D eigenvalue weighted by Gasteiger charge is 2.42. The van der Waals surface area contributed by atoms with Crippen molar-refractivity contribution < 1.29 is 28.2 Å². The molecule has 0 unspecified atom stereocenters. The second-order valence-electron chi connectivity index (χ2n) is 8.61. The van der Waals surface area contributed by atoms with Gasteiger partial charge in [0.1, 0.15) is 23.1 Å². The normalized spacial score (nSPS) is 16.9. The number of ether oxygens (including phenoxy) is 3. The lowest BCUT2D eigenvalue weighted by Crippen LogP contribution is -2.35. The molecule has 7 nitrogen and oxygen atoms in total. The van der Waals surface area contributed by atoms with Crippen LogP contribution < -0.4 is 19.5 Å². The van der Waals surface area contributed by atoms with Crippen molar-refractivity contribution in [3.63, 3.8) is 0 Å². The van der Waals surface area contributed by atoms with Crippen molar-refractivity contribution in [2.45, 2.75) is 12.5 Å². The summed E-state index contributed by atoms with van der Waals surface area (Å²) in [6.07, 6.45) is 0. The summed E-state index contributed by atoms with van der Waals surface area (Å²) in [4.78, 5) is 28.5. The SMILES string of the molecule is COc1cccc(C(=O)N2C[C@H](c3cc(OC)ccc3OC)[C@H](C(=O)NCc3ccc(F)cc3)C2)c1. The van der Waals surface area contributed by atoms with Gasteiger partial charge in [-0.15, -0.1) is 0 Å². The second kappa shape index (κ2) is 11.1. The number of carbonyl (C=O) groups is 2. The van der Waals surface area contributed by atoms with Gasteiger partial charge in [0.25, 0.3) is 5.91 Å². The smallest absolute Gasteiger partial charge is 0.254 e. The molecule has 0 radical (unpaired) electrons. The first-order valence-corrected chi connectivity index (χ1v) is 11.6. The predicted octanol–water partition coefficient (Wildman–Crippen LogP) is 4.02. The van der Waals surface area contributed by atoms with Crippen LogP contribution in [0.15, 0.2) is 66.7 Å². The molecule has 188 valence electrons. The third-order valence-electron chi connectivity index (χ3n) is 6.48. The van der Waals surface area contributed by atoms with Gasteiger partial charge in [0.2, 0.25) is 5.91 Å². The number of hydrogen-bond donors (Lipinski definition) is 1. The van der Waals surface area contributed by atoms with Gasteiger partial charge in [-0.05, 0) is 54.1 Å². The monoisotopic (exact) mass is 492 g/mol. The predicted molar refractivity (Wildman–Crippen MR) is 133 cm³/mol. The van der Waals surface area contributed by atoms with Crippen LogP contribution in [-0.2, 0) is 11.3 Å². The van der Waals surface area contributed by atoms with Gasteiger partial charge < -0.3 is 24.4 Å². The molecule has 0 aliphatic carbocycles. The molecular formula is C28H29FN2O5. The lowest BCUT2D eigenvalue weighted by molar-refractivity contribution is -0.125. The van der Waals surface area contributed by atoms with Crippen molar-refractivity contribution in [1.82, 2.24) is 10.2 Å². The number of nitrogens with zero attached hydrogens (tertiary/aromatic N) is 1. The van der Waals surface area contributed by atoms with Crippen LogP contribution in [0.2, 0.25) is 0 Å². The fourth-order valence-electron chi connectivity index (χ4n) is 4.54. The first-order valence-electron chi connectivity index (χ1n) is 11.6. The number of likely N-dealkylation sites (tertiary alicyclic amines) is 1. The second-order valence-corrected chi connectivity index (χ2v) is 8.61.